The second-order valence-electron chi connectivity index (χ2n) is 5.58. The summed E-state index contributed by atoms with van der Waals surface area (Å²) in [7, 11) is 3.05. The van der Waals surface area contributed by atoms with Gasteiger partial charge in [-0.25, -0.2) is 8.78 Å². The molecule has 0 atom stereocenters. The molecule has 25 heavy (non-hydrogen) atoms. The lowest BCUT2D eigenvalue weighted by atomic mass is 10.1. The predicted molar refractivity (Wildman–Crippen MR) is 89.5 cm³/mol. The van der Waals surface area contributed by atoms with Gasteiger partial charge in [0.25, 0.3) is 5.91 Å². The van der Waals surface area contributed by atoms with Crippen molar-refractivity contribution < 1.29 is 23.0 Å². The van der Waals surface area contributed by atoms with E-state index in [9.17, 15) is 13.6 Å². The van der Waals surface area contributed by atoms with Crippen LogP contribution >= 0.6 is 11.8 Å². The maximum Gasteiger partial charge on any atom is 0.254 e. The first-order chi connectivity index (χ1) is 12.0. The van der Waals surface area contributed by atoms with Crippen LogP contribution in [0.2, 0.25) is 0 Å². The molecule has 1 heterocycles. The summed E-state index contributed by atoms with van der Waals surface area (Å²) in [6.45, 7) is 0.833. The number of benzene rings is 2. The summed E-state index contributed by atoms with van der Waals surface area (Å²) >= 11 is 1.28. The summed E-state index contributed by atoms with van der Waals surface area (Å²) in [5.41, 5.74) is 1.53. The van der Waals surface area contributed by atoms with Crippen molar-refractivity contribution in [3.05, 3.63) is 59.2 Å². The Bertz CT molecular complexity index is 796. The summed E-state index contributed by atoms with van der Waals surface area (Å²) in [6, 6.07) is 9.26. The van der Waals surface area contributed by atoms with Gasteiger partial charge >= 0.3 is 0 Å². The number of rotatable bonds is 6. The van der Waals surface area contributed by atoms with Crippen molar-refractivity contribution in [2.45, 2.75) is 22.6 Å². The lowest BCUT2D eigenvalue weighted by molar-refractivity contribution is -0.112. The molecule has 0 aliphatic carbocycles. The van der Waals surface area contributed by atoms with Crippen LogP contribution in [-0.2, 0) is 16.0 Å². The highest BCUT2D eigenvalue weighted by atomic mass is 32.2. The van der Waals surface area contributed by atoms with Crippen LogP contribution in [0.25, 0.3) is 0 Å². The van der Waals surface area contributed by atoms with Crippen LogP contribution in [0.5, 0.6) is 0 Å². The summed E-state index contributed by atoms with van der Waals surface area (Å²) < 4.78 is 36.6. The van der Waals surface area contributed by atoms with Gasteiger partial charge in [-0.1, -0.05) is 17.8 Å². The Balaban J connectivity index is 1.76. The molecule has 0 unspecified atom stereocenters. The van der Waals surface area contributed by atoms with E-state index < -0.39 is 17.9 Å². The van der Waals surface area contributed by atoms with E-state index in [2.05, 4.69) is 0 Å². The molecule has 7 heteroatoms. The van der Waals surface area contributed by atoms with Gasteiger partial charge in [0.05, 0.1) is 6.54 Å². The number of fused-ring (bicyclic) bond motifs is 1. The monoisotopic (exact) mass is 365 g/mol. The molecule has 1 aliphatic rings. The predicted octanol–water partition coefficient (Wildman–Crippen LogP) is 3.69. The summed E-state index contributed by atoms with van der Waals surface area (Å²) in [4.78, 5) is 15.6. The van der Waals surface area contributed by atoms with Gasteiger partial charge in [-0.05, 0) is 35.9 Å². The lowest BCUT2D eigenvalue weighted by Gasteiger charge is -2.21. The molecule has 2 aromatic rings. The molecule has 4 nitrogen and oxygen atoms in total. The van der Waals surface area contributed by atoms with Crippen LogP contribution in [0.1, 0.15) is 15.9 Å². The molecule has 1 aliphatic heterocycles. The molecule has 0 fully saturated rings. The number of ether oxygens (including phenoxy) is 2. The Morgan fingerprint density at radius 3 is 2.44 bits per heavy atom. The van der Waals surface area contributed by atoms with Crippen LogP contribution in [0, 0.1) is 11.6 Å². The van der Waals surface area contributed by atoms with Crippen molar-refractivity contribution in [3.63, 3.8) is 0 Å². The van der Waals surface area contributed by atoms with Crippen molar-refractivity contribution in [2.24, 2.45) is 0 Å². The van der Waals surface area contributed by atoms with Crippen LogP contribution < -0.4 is 0 Å². The van der Waals surface area contributed by atoms with Gasteiger partial charge in [-0.3, -0.25) is 4.79 Å². The Kier molecular flexibility index (Phi) is 5.36. The number of hydrogen-bond acceptors (Lipinski definition) is 4. The molecule has 0 saturated heterocycles. The topological polar surface area (TPSA) is 38.8 Å². The first kappa shape index (κ1) is 17.8. The van der Waals surface area contributed by atoms with Crippen LogP contribution in [0.4, 0.5) is 8.78 Å². The molecule has 0 bridgehead atoms. The first-order valence-electron chi connectivity index (χ1n) is 7.62. The molecule has 0 aromatic heterocycles. The lowest BCUT2D eigenvalue weighted by Crippen LogP contribution is -2.34. The quantitative estimate of drug-likeness (QED) is 0.732. The fourth-order valence-electron chi connectivity index (χ4n) is 2.65. The molecule has 2 aromatic carbocycles. The first-order valence-corrected chi connectivity index (χ1v) is 8.44. The molecule has 1 amide bonds. The summed E-state index contributed by atoms with van der Waals surface area (Å²) in [5, 5.41) is 0. The van der Waals surface area contributed by atoms with Crippen molar-refractivity contribution in [1.82, 2.24) is 4.90 Å². The zero-order valence-corrected chi connectivity index (χ0v) is 14.6. The molecule has 0 spiro atoms. The van der Waals surface area contributed by atoms with Gasteiger partial charge in [0.15, 0.2) is 17.9 Å². The summed E-state index contributed by atoms with van der Waals surface area (Å²) in [5.74, 6) is -1.87. The zero-order chi connectivity index (χ0) is 18.0. The van der Waals surface area contributed by atoms with Gasteiger partial charge in [-0.15, -0.1) is 0 Å². The van der Waals surface area contributed by atoms with E-state index in [1.54, 1.807) is 11.0 Å². The van der Waals surface area contributed by atoms with Crippen LogP contribution in [0.15, 0.2) is 46.2 Å². The molecular weight excluding hydrogens is 348 g/mol. The Labute approximate surface area is 148 Å². The number of carbonyl (C=O) groups is 1. The number of carbonyl (C=O) groups excluding carboxylic acids is 1. The number of nitrogens with zero attached hydrogens (tertiary/aromatic N) is 1. The maximum absolute atomic E-state index is 13.3. The largest absolute Gasteiger partial charge is 0.354 e. The van der Waals surface area contributed by atoms with Crippen LogP contribution in [-0.4, -0.2) is 37.9 Å². The van der Waals surface area contributed by atoms with Crippen molar-refractivity contribution >= 4 is 17.7 Å². The van der Waals surface area contributed by atoms with E-state index in [4.69, 9.17) is 9.47 Å². The smallest absolute Gasteiger partial charge is 0.254 e. The van der Waals surface area contributed by atoms with Gasteiger partial charge in [0, 0.05) is 36.1 Å². The SMILES string of the molecule is COC(CN1Cc2ccc(Sc3ccc(F)c(F)c3)cc2C1=O)OC. The Morgan fingerprint density at radius 1 is 1.08 bits per heavy atom. The van der Waals surface area contributed by atoms with Crippen LogP contribution in [0.3, 0.4) is 0 Å². The van der Waals surface area contributed by atoms with Crippen molar-refractivity contribution in [3.8, 4) is 0 Å². The van der Waals surface area contributed by atoms with E-state index in [0.717, 1.165) is 22.6 Å². The fraction of sp³-hybridized carbons (Fsp3) is 0.278. The molecular formula is C18H17F2NO3S. The Hall–Kier alpha value is -1.96. The van der Waals surface area contributed by atoms with Gasteiger partial charge in [-0.2, -0.15) is 0 Å². The maximum atomic E-state index is 13.3. The standard InChI is InChI=1S/C18H17F2NO3S/c1-23-17(24-2)10-21-9-11-3-4-12(7-14(11)18(21)22)25-13-5-6-15(19)16(20)8-13/h3-8,17H,9-10H2,1-2H3. The minimum atomic E-state index is -0.890. The average Bonchev–Trinajstić information content (AvgIpc) is 2.91. The Morgan fingerprint density at radius 2 is 1.76 bits per heavy atom. The minimum Gasteiger partial charge on any atom is -0.354 e. The molecule has 132 valence electrons. The number of hydrogen-bond donors (Lipinski definition) is 0. The molecule has 0 N–H and O–H groups in total. The van der Waals surface area contributed by atoms with Gasteiger partial charge in [0.2, 0.25) is 0 Å². The zero-order valence-electron chi connectivity index (χ0n) is 13.8. The molecule has 3 rings (SSSR count). The number of amides is 1. The van der Waals surface area contributed by atoms with E-state index >= 15 is 0 Å². The van der Waals surface area contributed by atoms with E-state index in [1.165, 1.54) is 32.0 Å². The molecule has 0 radical (unpaired) electrons. The van der Waals surface area contributed by atoms with Gasteiger partial charge in [0.1, 0.15) is 0 Å². The second-order valence-corrected chi connectivity index (χ2v) is 6.73. The third-order valence-electron chi connectivity index (χ3n) is 3.98. The number of halogens is 2. The fourth-order valence-corrected chi connectivity index (χ4v) is 3.54. The van der Waals surface area contributed by atoms with Crippen molar-refractivity contribution in [1.29, 1.82) is 0 Å². The van der Waals surface area contributed by atoms with E-state index in [1.807, 2.05) is 12.1 Å². The van der Waals surface area contributed by atoms with Crippen molar-refractivity contribution in [2.75, 3.05) is 20.8 Å². The van der Waals surface area contributed by atoms with Gasteiger partial charge < -0.3 is 14.4 Å². The van der Waals surface area contributed by atoms with E-state index in [0.29, 0.717) is 23.5 Å². The average molecular weight is 365 g/mol. The highest BCUT2D eigenvalue weighted by Crippen LogP contribution is 2.33. The highest BCUT2D eigenvalue weighted by Gasteiger charge is 2.29. The normalized spacial score (nSPS) is 13.6. The third-order valence-corrected chi connectivity index (χ3v) is 4.96. The minimum absolute atomic E-state index is 0.0955. The molecule has 0 saturated carbocycles. The summed E-state index contributed by atoms with van der Waals surface area (Å²) in [6.07, 6.45) is -0.478. The third kappa shape index (κ3) is 3.84. The second kappa shape index (κ2) is 7.51. The number of methoxy groups -OCH3 is 2. The highest BCUT2D eigenvalue weighted by molar-refractivity contribution is 7.99. The van der Waals surface area contributed by atoms with E-state index in [-0.39, 0.29) is 5.91 Å².